The van der Waals surface area contributed by atoms with Gasteiger partial charge in [0.1, 0.15) is 5.78 Å². The van der Waals surface area contributed by atoms with Crippen LogP contribution in [0.2, 0.25) is 0 Å². The SMILES string of the molecule is CC(C)N(C)CCC(=O)C(C)(C)C. The smallest absolute Gasteiger partial charge is 0.139 e. The summed E-state index contributed by atoms with van der Waals surface area (Å²) >= 11 is 0. The van der Waals surface area contributed by atoms with Crippen LogP contribution in [0, 0.1) is 5.41 Å². The van der Waals surface area contributed by atoms with Crippen molar-refractivity contribution in [2.45, 2.75) is 47.1 Å². The number of ketones is 1. The van der Waals surface area contributed by atoms with Crippen molar-refractivity contribution in [1.29, 1.82) is 0 Å². The second-order valence-corrected chi connectivity index (χ2v) is 5.00. The molecule has 0 saturated carbocycles. The molecular formula is C11H23NO. The fraction of sp³-hybridized carbons (Fsp3) is 0.909. The van der Waals surface area contributed by atoms with Crippen LogP contribution in [-0.2, 0) is 4.79 Å². The molecule has 78 valence electrons. The lowest BCUT2D eigenvalue weighted by molar-refractivity contribution is -0.126. The highest BCUT2D eigenvalue weighted by Gasteiger charge is 2.21. The lowest BCUT2D eigenvalue weighted by Gasteiger charge is -2.23. The zero-order chi connectivity index (χ0) is 10.6. The van der Waals surface area contributed by atoms with Gasteiger partial charge < -0.3 is 4.90 Å². The Balaban J connectivity index is 3.84. The van der Waals surface area contributed by atoms with Crippen LogP contribution in [-0.4, -0.2) is 30.3 Å². The van der Waals surface area contributed by atoms with Crippen LogP contribution < -0.4 is 0 Å². The number of Topliss-reactive ketones (excluding diaryl/α,β-unsaturated/α-hetero) is 1. The summed E-state index contributed by atoms with van der Waals surface area (Å²) < 4.78 is 0. The van der Waals surface area contributed by atoms with Gasteiger partial charge in [-0.3, -0.25) is 4.79 Å². The molecule has 0 aromatic heterocycles. The lowest BCUT2D eigenvalue weighted by Crippen LogP contribution is -2.31. The van der Waals surface area contributed by atoms with Crippen molar-refractivity contribution in [1.82, 2.24) is 4.90 Å². The molecule has 0 aliphatic heterocycles. The van der Waals surface area contributed by atoms with Crippen LogP contribution >= 0.6 is 0 Å². The summed E-state index contributed by atoms with van der Waals surface area (Å²) in [6, 6.07) is 0.521. The Morgan fingerprint density at radius 3 is 2.08 bits per heavy atom. The first-order valence-electron chi connectivity index (χ1n) is 4.98. The first kappa shape index (κ1) is 12.6. The van der Waals surface area contributed by atoms with Crippen LogP contribution in [0.15, 0.2) is 0 Å². The maximum atomic E-state index is 11.6. The second-order valence-electron chi connectivity index (χ2n) is 5.00. The zero-order valence-electron chi connectivity index (χ0n) is 9.85. The van der Waals surface area contributed by atoms with Gasteiger partial charge in [0.2, 0.25) is 0 Å². The van der Waals surface area contributed by atoms with Gasteiger partial charge in [0, 0.05) is 24.4 Å². The molecule has 0 aromatic carbocycles. The summed E-state index contributed by atoms with van der Waals surface area (Å²) in [7, 11) is 2.06. The molecule has 0 spiro atoms. The zero-order valence-corrected chi connectivity index (χ0v) is 9.85. The average Bonchev–Trinajstić information content (AvgIpc) is 1.97. The van der Waals surface area contributed by atoms with Crippen molar-refractivity contribution >= 4 is 5.78 Å². The second kappa shape index (κ2) is 4.75. The molecule has 0 aliphatic rings. The fourth-order valence-corrected chi connectivity index (χ4v) is 0.911. The lowest BCUT2D eigenvalue weighted by atomic mass is 9.89. The fourth-order valence-electron chi connectivity index (χ4n) is 0.911. The molecule has 0 radical (unpaired) electrons. The van der Waals surface area contributed by atoms with Crippen molar-refractivity contribution in [2.24, 2.45) is 5.41 Å². The van der Waals surface area contributed by atoms with Crippen molar-refractivity contribution in [2.75, 3.05) is 13.6 Å². The number of carbonyl (C=O) groups is 1. The topological polar surface area (TPSA) is 20.3 Å². The summed E-state index contributed by atoms with van der Waals surface area (Å²) in [6.45, 7) is 11.1. The highest BCUT2D eigenvalue weighted by Crippen LogP contribution is 2.16. The summed E-state index contributed by atoms with van der Waals surface area (Å²) in [4.78, 5) is 13.8. The first-order chi connectivity index (χ1) is 5.75. The van der Waals surface area contributed by atoms with Crippen LogP contribution in [0.5, 0.6) is 0 Å². The molecule has 0 fully saturated rings. The summed E-state index contributed by atoms with van der Waals surface area (Å²) in [6.07, 6.45) is 0.665. The largest absolute Gasteiger partial charge is 0.304 e. The van der Waals surface area contributed by atoms with Gasteiger partial charge >= 0.3 is 0 Å². The minimum absolute atomic E-state index is 0.183. The van der Waals surface area contributed by atoms with E-state index in [1.165, 1.54) is 0 Å². The van der Waals surface area contributed by atoms with E-state index in [9.17, 15) is 4.79 Å². The third kappa shape index (κ3) is 5.04. The number of carbonyl (C=O) groups excluding carboxylic acids is 1. The van der Waals surface area contributed by atoms with Crippen molar-refractivity contribution in [3.63, 3.8) is 0 Å². The standard InChI is InChI=1S/C11H23NO/c1-9(2)12(6)8-7-10(13)11(3,4)5/h9H,7-8H2,1-6H3. The summed E-state index contributed by atoms with van der Waals surface area (Å²) in [5, 5.41) is 0. The Kier molecular flexibility index (Phi) is 4.62. The third-order valence-electron chi connectivity index (χ3n) is 2.41. The molecule has 2 nitrogen and oxygen atoms in total. The van der Waals surface area contributed by atoms with Gasteiger partial charge in [-0.1, -0.05) is 20.8 Å². The Bertz CT molecular complexity index is 167. The Morgan fingerprint density at radius 2 is 1.77 bits per heavy atom. The predicted molar refractivity (Wildman–Crippen MR) is 56.8 cm³/mol. The Hall–Kier alpha value is -0.370. The molecule has 0 amide bonds. The van der Waals surface area contributed by atoms with Crippen molar-refractivity contribution in [3.05, 3.63) is 0 Å². The highest BCUT2D eigenvalue weighted by atomic mass is 16.1. The molecule has 0 N–H and O–H groups in total. The molecule has 0 heterocycles. The molecule has 0 rings (SSSR count). The summed E-state index contributed by atoms with van der Waals surface area (Å²) in [5.41, 5.74) is -0.183. The number of nitrogens with zero attached hydrogens (tertiary/aromatic N) is 1. The molecule has 0 unspecified atom stereocenters. The van der Waals surface area contributed by atoms with Gasteiger partial charge in [0.05, 0.1) is 0 Å². The highest BCUT2D eigenvalue weighted by molar-refractivity contribution is 5.83. The average molecular weight is 185 g/mol. The molecule has 2 heteroatoms. The third-order valence-corrected chi connectivity index (χ3v) is 2.41. The van der Waals surface area contributed by atoms with Crippen molar-refractivity contribution in [3.8, 4) is 0 Å². The van der Waals surface area contributed by atoms with Crippen LogP contribution in [0.25, 0.3) is 0 Å². The van der Waals surface area contributed by atoms with E-state index in [2.05, 4.69) is 25.8 Å². The van der Waals surface area contributed by atoms with E-state index in [0.29, 0.717) is 18.2 Å². The molecule has 0 aliphatic carbocycles. The van der Waals surface area contributed by atoms with Gasteiger partial charge in [0.25, 0.3) is 0 Å². The van der Waals surface area contributed by atoms with E-state index in [1.54, 1.807) is 0 Å². The molecule has 0 atom stereocenters. The normalized spacial score (nSPS) is 12.6. The van der Waals surface area contributed by atoms with Gasteiger partial charge in [-0.05, 0) is 20.9 Å². The van der Waals surface area contributed by atoms with Crippen LogP contribution in [0.4, 0.5) is 0 Å². The van der Waals surface area contributed by atoms with Gasteiger partial charge in [-0.25, -0.2) is 0 Å². The van der Waals surface area contributed by atoms with E-state index < -0.39 is 0 Å². The monoisotopic (exact) mass is 185 g/mol. The van der Waals surface area contributed by atoms with Gasteiger partial charge in [-0.15, -0.1) is 0 Å². The van der Waals surface area contributed by atoms with Crippen LogP contribution in [0.3, 0.4) is 0 Å². The minimum atomic E-state index is -0.183. The number of hydrogen-bond donors (Lipinski definition) is 0. The predicted octanol–water partition coefficient (Wildman–Crippen LogP) is 2.33. The van der Waals surface area contributed by atoms with Crippen molar-refractivity contribution < 1.29 is 4.79 Å². The molecule has 0 aromatic rings. The number of hydrogen-bond acceptors (Lipinski definition) is 2. The quantitative estimate of drug-likeness (QED) is 0.670. The maximum absolute atomic E-state index is 11.6. The van der Waals surface area contributed by atoms with E-state index in [4.69, 9.17) is 0 Å². The first-order valence-corrected chi connectivity index (χ1v) is 4.98. The van der Waals surface area contributed by atoms with Gasteiger partial charge in [-0.2, -0.15) is 0 Å². The molecular weight excluding hydrogens is 162 g/mol. The van der Waals surface area contributed by atoms with Crippen LogP contribution in [0.1, 0.15) is 41.0 Å². The molecule has 13 heavy (non-hydrogen) atoms. The Morgan fingerprint density at radius 1 is 1.31 bits per heavy atom. The van der Waals surface area contributed by atoms with E-state index in [0.717, 1.165) is 6.54 Å². The number of rotatable bonds is 4. The minimum Gasteiger partial charge on any atom is -0.304 e. The maximum Gasteiger partial charge on any atom is 0.139 e. The van der Waals surface area contributed by atoms with E-state index >= 15 is 0 Å². The molecule has 0 bridgehead atoms. The summed E-state index contributed by atoms with van der Waals surface area (Å²) in [5.74, 6) is 0.347. The Labute approximate surface area is 82.3 Å². The van der Waals surface area contributed by atoms with E-state index in [-0.39, 0.29) is 5.41 Å². The molecule has 0 saturated heterocycles. The van der Waals surface area contributed by atoms with Gasteiger partial charge in [0.15, 0.2) is 0 Å². The van der Waals surface area contributed by atoms with E-state index in [1.807, 2.05) is 20.8 Å².